The summed E-state index contributed by atoms with van der Waals surface area (Å²) >= 11 is 1.29. The molecular weight excluding hydrogens is 310 g/mol. The highest BCUT2D eigenvalue weighted by atomic mass is 32.1. The lowest BCUT2D eigenvalue weighted by Gasteiger charge is -2.36. The van der Waals surface area contributed by atoms with Gasteiger partial charge < -0.3 is 14.2 Å². The molecule has 1 aromatic carbocycles. The molecule has 0 unspecified atom stereocenters. The molecule has 23 heavy (non-hydrogen) atoms. The van der Waals surface area contributed by atoms with Crippen LogP contribution in [-0.4, -0.2) is 49.3 Å². The van der Waals surface area contributed by atoms with Crippen molar-refractivity contribution in [1.29, 1.82) is 0 Å². The van der Waals surface area contributed by atoms with Crippen molar-refractivity contribution in [3.63, 3.8) is 0 Å². The summed E-state index contributed by atoms with van der Waals surface area (Å²) in [5.74, 6) is 0.893. The monoisotopic (exact) mass is 333 g/mol. The minimum absolute atomic E-state index is 0.152. The standard InChI is InChI=1S/C17H23N3O2S/c1-14-13-23-17(21)20(14)12-9-18-7-10-19(11-8-18)15-3-5-16(22-2)6-4-15/h3-6,13H,7-12H2,1-2H3. The van der Waals surface area contributed by atoms with E-state index in [4.69, 9.17) is 4.74 Å². The van der Waals surface area contributed by atoms with Crippen LogP contribution in [0.4, 0.5) is 5.69 Å². The number of thiazole rings is 1. The third-order valence-electron chi connectivity index (χ3n) is 4.43. The molecule has 3 rings (SSSR count). The van der Waals surface area contributed by atoms with Crippen molar-refractivity contribution in [2.45, 2.75) is 13.5 Å². The van der Waals surface area contributed by atoms with Crippen molar-refractivity contribution in [2.24, 2.45) is 0 Å². The van der Waals surface area contributed by atoms with Gasteiger partial charge in [0, 0.05) is 56.0 Å². The summed E-state index contributed by atoms with van der Waals surface area (Å²) < 4.78 is 7.08. The Hall–Kier alpha value is -1.79. The Labute approximate surface area is 140 Å². The smallest absolute Gasteiger partial charge is 0.307 e. The summed E-state index contributed by atoms with van der Waals surface area (Å²) in [6.45, 7) is 7.83. The Morgan fingerprint density at radius 2 is 1.78 bits per heavy atom. The fourth-order valence-corrected chi connectivity index (χ4v) is 3.70. The lowest BCUT2D eigenvalue weighted by atomic mass is 10.2. The van der Waals surface area contributed by atoms with Crippen LogP contribution in [0.1, 0.15) is 5.69 Å². The van der Waals surface area contributed by atoms with Crippen molar-refractivity contribution < 1.29 is 4.74 Å². The molecule has 1 fully saturated rings. The molecule has 0 atom stereocenters. The summed E-state index contributed by atoms with van der Waals surface area (Å²) in [6.07, 6.45) is 0. The first-order valence-electron chi connectivity index (χ1n) is 7.93. The molecule has 1 aliphatic rings. The Balaban J connectivity index is 1.51. The van der Waals surface area contributed by atoms with Crippen molar-refractivity contribution in [3.8, 4) is 5.75 Å². The normalized spacial score (nSPS) is 15.8. The van der Waals surface area contributed by atoms with E-state index in [0.29, 0.717) is 0 Å². The molecule has 0 radical (unpaired) electrons. The first-order chi connectivity index (χ1) is 11.2. The van der Waals surface area contributed by atoms with Crippen LogP contribution in [0.2, 0.25) is 0 Å². The van der Waals surface area contributed by atoms with Gasteiger partial charge in [-0.3, -0.25) is 9.69 Å². The zero-order valence-electron chi connectivity index (χ0n) is 13.7. The van der Waals surface area contributed by atoms with Gasteiger partial charge in [0.15, 0.2) is 0 Å². The van der Waals surface area contributed by atoms with Crippen LogP contribution in [0.3, 0.4) is 0 Å². The molecule has 0 amide bonds. The van der Waals surface area contributed by atoms with E-state index in [2.05, 4.69) is 21.9 Å². The summed E-state index contributed by atoms with van der Waals surface area (Å²) in [6, 6.07) is 8.24. The second kappa shape index (κ2) is 7.19. The number of aromatic nitrogens is 1. The molecule has 1 saturated heterocycles. The molecule has 0 aliphatic carbocycles. The van der Waals surface area contributed by atoms with Crippen LogP contribution < -0.4 is 14.5 Å². The molecule has 0 bridgehead atoms. The van der Waals surface area contributed by atoms with Gasteiger partial charge >= 0.3 is 4.87 Å². The van der Waals surface area contributed by atoms with Crippen molar-refractivity contribution in [1.82, 2.24) is 9.47 Å². The highest BCUT2D eigenvalue weighted by Gasteiger charge is 2.17. The number of hydrogen-bond acceptors (Lipinski definition) is 5. The van der Waals surface area contributed by atoms with Crippen LogP contribution in [0.5, 0.6) is 5.75 Å². The first-order valence-corrected chi connectivity index (χ1v) is 8.81. The predicted octanol–water partition coefficient (Wildman–Crippen LogP) is 2.05. The molecule has 0 spiro atoms. The molecule has 2 aromatic rings. The Morgan fingerprint density at radius 3 is 2.35 bits per heavy atom. The zero-order valence-corrected chi connectivity index (χ0v) is 14.5. The highest BCUT2D eigenvalue weighted by Crippen LogP contribution is 2.20. The third kappa shape index (κ3) is 3.76. The van der Waals surface area contributed by atoms with Gasteiger partial charge in [-0.25, -0.2) is 0 Å². The molecule has 0 N–H and O–H groups in total. The molecule has 5 nitrogen and oxygen atoms in total. The minimum atomic E-state index is 0.152. The van der Waals surface area contributed by atoms with E-state index in [1.165, 1.54) is 17.0 Å². The third-order valence-corrected chi connectivity index (χ3v) is 5.31. The molecule has 124 valence electrons. The second-order valence-electron chi connectivity index (χ2n) is 5.82. The van der Waals surface area contributed by atoms with Gasteiger partial charge in [-0.15, -0.1) is 0 Å². The molecule has 1 aliphatic heterocycles. The molecule has 0 saturated carbocycles. The van der Waals surface area contributed by atoms with Gasteiger partial charge in [0.05, 0.1) is 7.11 Å². The number of benzene rings is 1. The number of nitrogens with zero attached hydrogens (tertiary/aromatic N) is 3. The van der Waals surface area contributed by atoms with Crippen LogP contribution >= 0.6 is 11.3 Å². The molecular formula is C17H23N3O2S. The summed E-state index contributed by atoms with van der Waals surface area (Å²) in [5.41, 5.74) is 2.31. The number of anilines is 1. The van der Waals surface area contributed by atoms with Gasteiger partial charge in [0.2, 0.25) is 0 Å². The number of hydrogen-bond donors (Lipinski definition) is 0. The average Bonchev–Trinajstić information content (AvgIpc) is 2.92. The Bertz CT molecular complexity index is 685. The van der Waals surface area contributed by atoms with E-state index in [-0.39, 0.29) is 4.87 Å². The quantitative estimate of drug-likeness (QED) is 0.839. The Morgan fingerprint density at radius 1 is 1.09 bits per heavy atom. The first kappa shape index (κ1) is 16.1. The zero-order chi connectivity index (χ0) is 16.2. The summed E-state index contributed by atoms with van der Waals surface area (Å²) in [4.78, 5) is 16.7. The second-order valence-corrected chi connectivity index (χ2v) is 6.64. The van der Waals surface area contributed by atoms with E-state index in [1.54, 1.807) is 7.11 Å². The van der Waals surface area contributed by atoms with Gasteiger partial charge in [0.25, 0.3) is 0 Å². The van der Waals surface area contributed by atoms with Crippen LogP contribution in [0.15, 0.2) is 34.4 Å². The van der Waals surface area contributed by atoms with Gasteiger partial charge in [-0.05, 0) is 31.2 Å². The van der Waals surface area contributed by atoms with Crippen LogP contribution in [-0.2, 0) is 6.54 Å². The fourth-order valence-electron chi connectivity index (χ4n) is 2.94. The average molecular weight is 333 g/mol. The lowest BCUT2D eigenvalue weighted by molar-refractivity contribution is 0.247. The van der Waals surface area contributed by atoms with Crippen molar-refractivity contribution in [2.75, 3.05) is 44.7 Å². The van der Waals surface area contributed by atoms with Gasteiger partial charge in [-0.1, -0.05) is 11.3 Å². The minimum Gasteiger partial charge on any atom is -0.497 e. The Kier molecular flexibility index (Phi) is 5.03. The van der Waals surface area contributed by atoms with Crippen molar-refractivity contribution in [3.05, 3.63) is 45.0 Å². The summed E-state index contributed by atoms with van der Waals surface area (Å²) in [5, 5.41) is 1.93. The van der Waals surface area contributed by atoms with Crippen LogP contribution in [0.25, 0.3) is 0 Å². The number of piperazine rings is 1. The van der Waals surface area contributed by atoms with E-state index >= 15 is 0 Å². The number of aryl methyl sites for hydroxylation is 1. The van der Waals surface area contributed by atoms with E-state index in [1.807, 2.05) is 29.0 Å². The SMILES string of the molecule is COc1ccc(N2CCN(CCn3c(C)csc3=O)CC2)cc1. The maximum atomic E-state index is 11.7. The van der Waals surface area contributed by atoms with Crippen molar-refractivity contribution >= 4 is 17.0 Å². The fraction of sp³-hybridized carbons (Fsp3) is 0.471. The lowest BCUT2D eigenvalue weighted by Crippen LogP contribution is -2.47. The molecule has 1 aromatic heterocycles. The predicted molar refractivity (Wildman–Crippen MR) is 95.0 cm³/mol. The maximum absolute atomic E-state index is 11.7. The highest BCUT2D eigenvalue weighted by molar-refractivity contribution is 7.07. The van der Waals surface area contributed by atoms with E-state index in [9.17, 15) is 4.79 Å². The largest absolute Gasteiger partial charge is 0.497 e. The van der Waals surface area contributed by atoms with E-state index in [0.717, 1.165) is 50.7 Å². The number of methoxy groups -OCH3 is 1. The van der Waals surface area contributed by atoms with Gasteiger partial charge in [-0.2, -0.15) is 0 Å². The molecule has 6 heteroatoms. The summed E-state index contributed by atoms with van der Waals surface area (Å²) in [7, 11) is 1.69. The topological polar surface area (TPSA) is 37.7 Å². The maximum Gasteiger partial charge on any atom is 0.307 e. The van der Waals surface area contributed by atoms with Crippen LogP contribution in [0, 0.1) is 6.92 Å². The van der Waals surface area contributed by atoms with Gasteiger partial charge in [0.1, 0.15) is 5.75 Å². The van der Waals surface area contributed by atoms with E-state index < -0.39 is 0 Å². The molecule has 2 heterocycles. The number of ether oxygens (including phenoxy) is 1. The number of rotatable bonds is 5.